The molecule has 3 rings (SSSR count). The molecule has 1 aliphatic rings. The average Bonchev–Trinajstić information content (AvgIpc) is 2.65. The van der Waals surface area contributed by atoms with Crippen molar-refractivity contribution in [3.63, 3.8) is 0 Å². The number of aromatic nitrogens is 1. The van der Waals surface area contributed by atoms with E-state index in [2.05, 4.69) is 22.9 Å². The summed E-state index contributed by atoms with van der Waals surface area (Å²) < 4.78 is 0. The summed E-state index contributed by atoms with van der Waals surface area (Å²) in [6.07, 6.45) is 3.94. The Morgan fingerprint density at radius 2 is 2.04 bits per heavy atom. The molecule has 5 nitrogen and oxygen atoms in total. The van der Waals surface area contributed by atoms with E-state index in [1.165, 1.54) is 11.8 Å². The molecule has 1 N–H and O–H groups in total. The third-order valence-corrected chi connectivity index (χ3v) is 4.07. The topological polar surface area (TPSA) is 62.3 Å². The Bertz CT molecular complexity index is 786. The van der Waals surface area contributed by atoms with Crippen molar-refractivity contribution in [3.8, 4) is 0 Å². The number of hydrogen-bond donors (Lipinski definition) is 1. The van der Waals surface area contributed by atoms with Crippen LogP contribution in [0.2, 0.25) is 0 Å². The van der Waals surface area contributed by atoms with Crippen LogP contribution >= 0.6 is 0 Å². The van der Waals surface area contributed by atoms with Crippen LogP contribution in [0, 0.1) is 0 Å². The highest BCUT2D eigenvalue weighted by molar-refractivity contribution is 5.98. The van der Waals surface area contributed by atoms with Gasteiger partial charge in [0.1, 0.15) is 5.69 Å². The van der Waals surface area contributed by atoms with E-state index in [1.54, 1.807) is 23.1 Å². The van der Waals surface area contributed by atoms with Gasteiger partial charge in [-0.15, -0.1) is 6.58 Å². The largest absolute Gasteiger partial charge is 0.349 e. The molecule has 0 unspecified atom stereocenters. The summed E-state index contributed by atoms with van der Waals surface area (Å²) in [5, 5.41) is 2.70. The van der Waals surface area contributed by atoms with Gasteiger partial charge in [-0.05, 0) is 29.7 Å². The quantitative estimate of drug-likeness (QED) is 0.878. The lowest BCUT2D eigenvalue weighted by Gasteiger charge is -2.28. The Balaban J connectivity index is 1.76. The fourth-order valence-electron chi connectivity index (χ4n) is 2.79. The molecule has 0 spiro atoms. The minimum absolute atomic E-state index is 0.150. The van der Waals surface area contributed by atoms with Gasteiger partial charge in [-0.2, -0.15) is 0 Å². The Hall–Kier alpha value is -2.95. The van der Waals surface area contributed by atoms with Crippen molar-refractivity contribution in [2.24, 2.45) is 0 Å². The van der Waals surface area contributed by atoms with Crippen LogP contribution in [0.4, 0.5) is 0 Å². The first kappa shape index (κ1) is 15.9. The molecule has 122 valence electrons. The monoisotopic (exact) mass is 321 g/mol. The third-order valence-electron chi connectivity index (χ3n) is 4.07. The molecule has 0 atom stereocenters. The number of rotatable bonds is 4. The molecule has 24 heavy (non-hydrogen) atoms. The first-order valence-electron chi connectivity index (χ1n) is 7.90. The van der Waals surface area contributed by atoms with Gasteiger partial charge in [0.2, 0.25) is 0 Å². The number of hydrogen-bond acceptors (Lipinski definition) is 3. The molecule has 0 radical (unpaired) electrons. The maximum Gasteiger partial charge on any atom is 0.272 e. The van der Waals surface area contributed by atoms with Gasteiger partial charge in [-0.25, -0.2) is 0 Å². The van der Waals surface area contributed by atoms with E-state index in [9.17, 15) is 9.59 Å². The number of carbonyl (C=O) groups is 2. The number of nitrogens with one attached hydrogen (secondary N) is 1. The predicted octanol–water partition coefficient (Wildman–Crippen LogP) is 2.20. The highest BCUT2D eigenvalue weighted by Gasteiger charge is 2.23. The van der Waals surface area contributed by atoms with E-state index < -0.39 is 0 Å². The normalized spacial score (nSPS) is 13.1. The fourth-order valence-corrected chi connectivity index (χ4v) is 2.79. The van der Waals surface area contributed by atoms with Crippen molar-refractivity contribution >= 4 is 11.8 Å². The first-order chi connectivity index (χ1) is 11.7. The molecular formula is C19H19N3O2. The first-order valence-corrected chi connectivity index (χ1v) is 7.90. The van der Waals surface area contributed by atoms with E-state index in [4.69, 9.17) is 0 Å². The summed E-state index contributed by atoms with van der Waals surface area (Å²) in [6, 6.07) is 11.3. The Morgan fingerprint density at radius 1 is 1.25 bits per heavy atom. The number of nitrogens with zero attached hydrogens (tertiary/aromatic N) is 2. The summed E-state index contributed by atoms with van der Waals surface area (Å²) in [7, 11) is 0. The van der Waals surface area contributed by atoms with Gasteiger partial charge in [0.25, 0.3) is 11.8 Å². The smallest absolute Gasteiger partial charge is 0.272 e. The third kappa shape index (κ3) is 3.35. The predicted molar refractivity (Wildman–Crippen MR) is 91.7 cm³/mol. The molecule has 1 aromatic carbocycles. The summed E-state index contributed by atoms with van der Waals surface area (Å²) in [5.41, 5.74) is 3.16. The van der Waals surface area contributed by atoms with Gasteiger partial charge < -0.3 is 10.2 Å². The number of benzene rings is 1. The van der Waals surface area contributed by atoms with E-state index in [0.717, 1.165) is 12.0 Å². The van der Waals surface area contributed by atoms with Crippen LogP contribution < -0.4 is 5.32 Å². The SMILES string of the molecule is C=CCNC(=O)c1ccnc(C(=O)N2CCc3ccccc3C2)c1. The van der Waals surface area contributed by atoms with Gasteiger partial charge in [-0.3, -0.25) is 14.6 Å². The van der Waals surface area contributed by atoms with Crippen LogP contribution in [-0.4, -0.2) is 34.8 Å². The van der Waals surface area contributed by atoms with Crippen molar-refractivity contribution in [3.05, 3.63) is 77.6 Å². The molecule has 2 aromatic rings. The zero-order valence-corrected chi connectivity index (χ0v) is 13.4. The van der Waals surface area contributed by atoms with E-state index in [-0.39, 0.29) is 11.8 Å². The van der Waals surface area contributed by atoms with Gasteiger partial charge in [0.05, 0.1) is 0 Å². The van der Waals surface area contributed by atoms with E-state index in [0.29, 0.717) is 30.9 Å². The van der Waals surface area contributed by atoms with Crippen molar-refractivity contribution < 1.29 is 9.59 Å². The number of carbonyl (C=O) groups excluding carboxylic acids is 2. The fraction of sp³-hybridized carbons (Fsp3) is 0.211. The van der Waals surface area contributed by atoms with Crippen LogP contribution in [0.1, 0.15) is 32.0 Å². The van der Waals surface area contributed by atoms with E-state index in [1.807, 2.05) is 18.2 Å². The lowest BCUT2D eigenvalue weighted by Crippen LogP contribution is -2.36. The number of amides is 2. The highest BCUT2D eigenvalue weighted by Crippen LogP contribution is 2.20. The molecular weight excluding hydrogens is 302 g/mol. The van der Waals surface area contributed by atoms with Gasteiger partial charge >= 0.3 is 0 Å². The maximum atomic E-state index is 12.7. The van der Waals surface area contributed by atoms with Crippen LogP contribution in [0.5, 0.6) is 0 Å². The molecule has 1 aliphatic heterocycles. The second-order valence-electron chi connectivity index (χ2n) is 5.67. The van der Waals surface area contributed by atoms with Gasteiger partial charge in [0.15, 0.2) is 0 Å². The zero-order chi connectivity index (χ0) is 16.9. The lowest BCUT2D eigenvalue weighted by atomic mass is 9.99. The molecule has 2 heterocycles. The van der Waals surface area contributed by atoms with Gasteiger partial charge in [0, 0.05) is 31.4 Å². The summed E-state index contributed by atoms with van der Waals surface area (Å²) in [4.78, 5) is 30.6. The summed E-state index contributed by atoms with van der Waals surface area (Å²) >= 11 is 0. The van der Waals surface area contributed by atoms with Crippen molar-refractivity contribution in [1.82, 2.24) is 15.2 Å². The van der Waals surface area contributed by atoms with E-state index >= 15 is 0 Å². The second kappa shape index (κ2) is 7.08. The molecule has 0 bridgehead atoms. The van der Waals surface area contributed by atoms with Crippen molar-refractivity contribution in [2.75, 3.05) is 13.1 Å². The van der Waals surface area contributed by atoms with Crippen LogP contribution in [-0.2, 0) is 13.0 Å². The lowest BCUT2D eigenvalue weighted by molar-refractivity contribution is 0.0728. The molecule has 0 saturated heterocycles. The Labute approximate surface area is 141 Å². The van der Waals surface area contributed by atoms with Crippen LogP contribution in [0.15, 0.2) is 55.3 Å². The van der Waals surface area contributed by atoms with Gasteiger partial charge in [-0.1, -0.05) is 30.3 Å². The Kier molecular flexibility index (Phi) is 4.70. The van der Waals surface area contributed by atoms with Crippen LogP contribution in [0.3, 0.4) is 0 Å². The molecule has 0 fully saturated rings. The molecule has 5 heteroatoms. The Morgan fingerprint density at radius 3 is 2.83 bits per heavy atom. The standard InChI is InChI=1S/C19H19N3O2/c1-2-9-21-18(23)15-7-10-20-17(12-15)19(24)22-11-8-14-5-3-4-6-16(14)13-22/h2-7,10,12H,1,8-9,11,13H2,(H,21,23). The number of fused-ring (bicyclic) bond motifs is 1. The minimum Gasteiger partial charge on any atom is -0.349 e. The minimum atomic E-state index is -0.240. The zero-order valence-electron chi connectivity index (χ0n) is 13.4. The van der Waals surface area contributed by atoms with Crippen molar-refractivity contribution in [1.29, 1.82) is 0 Å². The second-order valence-corrected chi connectivity index (χ2v) is 5.67. The molecule has 0 saturated carbocycles. The molecule has 0 aliphatic carbocycles. The van der Waals surface area contributed by atoms with Crippen molar-refractivity contribution in [2.45, 2.75) is 13.0 Å². The molecule has 1 aromatic heterocycles. The average molecular weight is 321 g/mol. The maximum absolute atomic E-state index is 12.7. The summed E-state index contributed by atoms with van der Waals surface area (Å²) in [6.45, 7) is 5.18. The summed E-state index contributed by atoms with van der Waals surface area (Å²) in [5.74, 6) is -0.391. The molecule has 2 amide bonds. The number of pyridine rings is 1. The highest BCUT2D eigenvalue weighted by atomic mass is 16.2. The van der Waals surface area contributed by atoms with Crippen LogP contribution in [0.25, 0.3) is 0 Å².